The van der Waals surface area contributed by atoms with E-state index in [-0.39, 0.29) is 10.0 Å². The van der Waals surface area contributed by atoms with Crippen LogP contribution in [0.2, 0.25) is 5.02 Å². The lowest BCUT2D eigenvalue weighted by Gasteiger charge is -2.23. The predicted octanol–water partition coefficient (Wildman–Crippen LogP) is 3.61. The fourth-order valence-electron chi connectivity index (χ4n) is 1.25. The van der Waals surface area contributed by atoms with Crippen molar-refractivity contribution in [2.75, 3.05) is 5.32 Å². The lowest BCUT2D eigenvalue weighted by molar-refractivity contribution is -0.137. The van der Waals surface area contributed by atoms with Crippen molar-refractivity contribution in [1.29, 1.82) is 0 Å². The molecule has 3 nitrogen and oxygen atoms in total. The second-order valence-corrected chi connectivity index (χ2v) is 5.51. The molecule has 1 amide bonds. The quantitative estimate of drug-likeness (QED) is 0.835. The van der Waals surface area contributed by atoms with Crippen LogP contribution in [0.25, 0.3) is 0 Å². The van der Waals surface area contributed by atoms with E-state index in [0.29, 0.717) is 0 Å². The van der Waals surface area contributed by atoms with Crippen LogP contribution < -0.4 is 11.1 Å². The molecule has 0 saturated carbocycles. The molecule has 0 atom stereocenters. The van der Waals surface area contributed by atoms with Gasteiger partial charge in [0.25, 0.3) is 0 Å². The average Bonchev–Trinajstić information content (AvgIpc) is 2.29. The first-order chi connectivity index (χ1) is 8.96. The number of anilines is 1. The summed E-state index contributed by atoms with van der Waals surface area (Å²) in [5, 5.41) is 2.10. The summed E-state index contributed by atoms with van der Waals surface area (Å²) >= 11 is 10.3. The molecule has 20 heavy (non-hydrogen) atoms. The first-order valence-corrected chi connectivity index (χ1v) is 6.23. The Hall–Kier alpha value is -1.34. The van der Waals surface area contributed by atoms with Crippen molar-refractivity contribution >= 4 is 40.4 Å². The molecule has 0 saturated heterocycles. The second-order valence-electron chi connectivity index (χ2n) is 4.63. The Morgan fingerprint density at radius 1 is 1.35 bits per heavy atom. The van der Waals surface area contributed by atoms with Gasteiger partial charge in [0.2, 0.25) is 5.91 Å². The van der Waals surface area contributed by atoms with Crippen molar-refractivity contribution in [2.24, 2.45) is 11.1 Å². The monoisotopic (exact) mass is 324 g/mol. The van der Waals surface area contributed by atoms with Gasteiger partial charge < -0.3 is 11.1 Å². The van der Waals surface area contributed by atoms with Gasteiger partial charge in [-0.25, -0.2) is 0 Å². The minimum Gasteiger partial charge on any atom is -0.392 e. The van der Waals surface area contributed by atoms with E-state index >= 15 is 0 Å². The molecule has 1 rings (SSSR count). The number of nitrogens with one attached hydrogen (secondary N) is 1. The van der Waals surface area contributed by atoms with Crippen LogP contribution in [0.4, 0.5) is 18.9 Å². The van der Waals surface area contributed by atoms with Crippen LogP contribution in [-0.4, -0.2) is 10.9 Å². The smallest absolute Gasteiger partial charge is 0.392 e. The van der Waals surface area contributed by atoms with E-state index < -0.39 is 28.7 Å². The van der Waals surface area contributed by atoms with Crippen LogP contribution in [0.3, 0.4) is 0 Å². The van der Waals surface area contributed by atoms with Crippen LogP contribution in [0.15, 0.2) is 18.2 Å². The average molecular weight is 325 g/mol. The van der Waals surface area contributed by atoms with E-state index in [1.807, 2.05) is 0 Å². The van der Waals surface area contributed by atoms with Crippen LogP contribution in [0.1, 0.15) is 19.4 Å². The highest BCUT2D eigenvalue weighted by Crippen LogP contribution is 2.37. The van der Waals surface area contributed by atoms with E-state index in [9.17, 15) is 18.0 Å². The van der Waals surface area contributed by atoms with E-state index in [0.717, 1.165) is 12.1 Å². The molecule has 0 unspecified atom stereocenters. The van der Waals surface area contributed by atoms with Crippen molar-refractivity contribution in [1.82, 2.24) is 0 Å². The summed E-state index contributed by atoms with van der Waals surface area (Å²) in [7, 11) is 0. The first kappa shape index (κ1) is 16.7. The summed E-state index contributed by atoms with van der Waals surface area (Å²) in [5.41, 5.74) is 2.71. The number of alkyl halides is 3. The van der Waals surface area contributed by atoms with Crippen LogP contribution in [-0.2, 0) is 11.0 Å². The van der Waals surface area contributed by atoms with Crippen LogP contribution in [0, 0.1) is 5.41 Å². The Morgan fingerprint density at radius 2 is 1.90 bits per heavy atom. The standard InChI is InChI=1S/C12H12ClF3N2OS/c1-11(2,9(17)20)10(19)18-8-4-3-6(13)5-7(8)12(14,15)16/h3-5H,1-2H3,(H2,17,20)(H,18,19). The summed E-state index contributed by atoms with van der Waals surface area (Å²) < 4.78 is 38.6. The van der Waals surface area contributed by atoms with Gasteiger partial charge in [-0.1, -0.05) is 23.8 Å². The minimum absolute atomic E-state index is 0.0797. The van der Waals surface area contributed by atoms with Gasteiger partial charge in [0, 0.05) is 5.02 Å². The maximum absolute atomic E-state index is 12.9. The van der Waals surface area contributed by atoms with Crippen molar-refractivity contribution in [3.8, 4) is 0 Å². The highest BCUT2D eigenvalue weighted by atomic mass is 35.5. The zero-order valence-corrected chi connectivity index (χ0v) is 12.2. The van der Waals surface area contributed by atoms with Gasteiger partial charge in [-0.3, -0.25) is 4.79 Å². The second kappa shape index (κ2) is 5.57. The van der Waals surface area contributed by atoms with Crippen molar-refractivity contribution in [2.45, 2.75) is 20.0 Å². The van der Waals surface area contributed by atoms with E-state index in [2.05, 4.69) is 5.32 Å². The molecule has 1 aromatic rings. The highest BCUT2D eigenvalue weighted by molar-refractivity contribution is 7.80. The molecule has 110 valence electrons. The molecule has 0 aliphatic carbocycles. The lowest BCUT2D eigenvalue weighted by Crippen LogP contribution is -2.41. The van der Waals surface area contributed by atoms with E-state index in [1.165, 1.54) is 19.9 Å². The third kappa shape index (κ3) is 3.61. The summed E-state index contributed by atoms with van der Waals surface area (Å²) in [6.07, 6.45) is -4.64. The SMILES string of the molecule is CC(C)(C(=O)Nc1ccc(Cl)cc1C(F)(F)F)C(N)=S. The largest absolute Gasteiger partial charge is 0.418 e. The Labute approximate surface area is 124 Å². The minimum atomic E-state index is -4.64. The number of nitrogens with two attached hydrogens (primary N) is 1. The molecule has 0 bridgehead atoms. The lowest BCUT2D eigenvalue weighted by atomic mass is 9.92. The number of hydrogen-bond donors (Lipinski definition) is 2. The van der Waals surface area contributed by atoms with Crippen molar-refractivity contribution in [3.63, 3.8) is 0 Å². The van der Waals surface area contributed by atoms with Gasteiger partial charge in [-0.15, -0.1) is 0 Å². The molecule has 0 fully saturated rings. The maximum atomic E-state index is 12.9. The fraction of sp³-hybridized carbons (Fsp3) is 0.333. The topological polar surface area (TPSA) is 55.1 Å². The Bertz CT molecular complexity index is 558. The van der Waals surface area contributed by atoms with Gasteiger partial charge >= 0.3 is 6.18 Å². The third-order valence-corrected chi connectivity index (χ3v) is 3.46. The van der Waals surface area contributed by atoms with Gasteiger partial charge in [0.05, 0.1) is 21.7 Å². The van der Waals surface area contributed by atoms with E-state index in [4.69, 9.17) is 29.6 Å². The number of thiocarbonyl (C=S) groups is 1. The third-order valence-electron chi connectivity index (χ3n) is 2.72. The zero-order valence-electron chi connectivity index (χ0n) is 10.6. The zero-order chi connectivity index (χ0) is 15.7. The fourth-order valence-corrected chi connectivity index (χ4v) is 1.52. The summed E-state index contributed by atoms with van der Waals surface area (Å²) in [5.74, 6) is -0.724. The number of amides is 1. The van der Waals surface area contributed by atoms with Crippen molar-refractivity contribution in [3.05, 3.63) is 28.8 Å². The van der Waals surface area contributed by atoms with E-state index in [1.54, 1.807) is 0 Å². The number of hydrogen-bond acceptors (Lipinski definition) is 2. The summed E-state index contributed by atoms with van der Waals surface area (Å²) in [6.45, 7) is 2.85. The summed E-state index contributed by atoms with van der Waals surface area (Å²) in [4.78, 5) is 11.8. The molecule has 0 aliphatic heterocycles. The Balaban J connectivity index is 3.17. The van der Waals surface area contributed by atoms with Crippen LogP contribution in [0.5, 0.6) is 0 Å². The molecule has 0 aliphatic rings. The molecule has 1 aromatic carbocycles. The van der Waals surface area contributed by atoms with Gasteiger partial charge in [0.1, 0.15) is 0 Å². The number of rotatable bonds is 3. The number of benzene rings is 1. The normalized spacial score (nSPS) is 12.1. The van der Waals surface area contributed by atoms with Gasteiger partial charge in [0.15, 0.2) is 0 Å². The van der Waals surface area contributed by atoms with Gasteiger partial charge in [-0.05, 0) is 32.0 Å². The number of carbonyl (C=O) groups excluding carboxylic acids is 1. The molecular formula is C12H12ClF3N2OS. The molecule has 0 aromatic heterocycles. The number of carbonyl (C=O) groups is 1. The molecule has 0 spiro atoms. The Kier molecular flexibility index (Phi) is 4.66. The first-order valence-electron chi connectivity index (χ1n) is 5.44. The predicted molar refractivity (Wildman–Crippen MR) is 75.7 cm³/mol. The Morgan fingerprint density at radius 3 is 2.35 bits per heavy atom. The summed E-state index contributed by atoms with van der Waals surface area (Å²) in [6, 6.07) is 3.07. The molecule has 3 N–H and O–H groups in total. The molecular weight excluding hydrogens is 313 g/mol. The maximum Gasteiger partial charge on any atom is 0.418 e. The molecule has 0 radical (unpaired) electrons. The van der Waals surface area contributed by atoms with Crippen LogP contribution >= 0.6 is 23.8 Å². The molecule has 8 heteroatoms. The van der Waals surface area contributed by atoms with Crippen molar-refractivity contribution < 1.29 is 18.0 Å². The van der Waals surface area contributed by atoms with Gasteiger partial charge in [-0.2, -0.15) is 13.2 Å². The highest BCUT2D eigenvalue weighted by Gasteiger charge is 2.36. The molecule has 0 heterocycles. The number of halogens is 4.